The molecule has 0 saturated carbocycles. The van der Waals surface area contributed by atoms with Crippen LogP contribution in [0.5, 0.6) is 0 Å². The molecule has 0 spiro atoms. The van der Waals surface area contributed by atoms with Gasteiger partial charge in [0.05, 0.1) is 11.9 Å². The molecule has 104 valence electrons. The van der Waals surface area contributed by atoms with Crippen molar-refractivity contribution in [1.29, 1.82) is 0 Å². The van der Waals surface area contributed by atoms with Crippen molar-refractivity contribution in [3.8, 4) is 0 Å². The second-order valence-electron chi connectivity index (χ2n) is 6.32. The monoisotopic (exact) mass is 259 g/mol. The Morgan fingerprint density at radius 3 is 2.89 bits per heavy atom. The Hall–Kier alpha value is -1.09. The molecule has 0 aromatic carbocycles. The molecule has 2 unspecified atom stereocenters. The van der Waals surface area contributed by atoms with Crippen LogP contribution < -0.4 is 4.90 Å². The fourth-order valence-electron chi connectivity index (χ4n) is 3.60. The highest BCUT2D eigenvalue weighted by Crippen LogP contribution is 2.30. The fraction of sp³-hybridized carbons (Fsp3) is 0.688. The van der Waals surface area contributed by atoms with Crippen LogP contribution in [0.1, 0.15) is 33.1 Å². The maximum Gasteiger partial charge on any atom is 0.0556 e. The number of fused-ring (bicyclic) bond motifs is 1. The van der Waals surface area contributed by atoms with Crippen LogP contribution in [0.25, 0.3) is 0 Å². The van der Waals surface area contributed by atoms with Crippen LogP contribution in [0, 0.1) is 5.92 Å². The van der Waals surface area contributed by atoms with Crippen molar-refractivity contribution in [1.82, 2.24) is 9.88 Å². The van der Waals surface area contributed by atoms with Crippen LogP contribution in [0.15, 0.2) is 24.5 Å². The molecule has 2 atom stereocenters. The second-order valence-corrected chi connectivity index (χ2v) is 6.32. The van der Waals surface area contributed by atoms with Gasteiger partial charge in [0.15, 0.2) is 0 Å². The Balaban J connectivity index is 1.83. The number of rotatable bonds is 2. The molecular formula is C16H25N3. The van der Waals surface area contributed by atoms with Crippen LogP contribution in [-0.2, 0) is 0 Å². The summed E-state index contributed by atoms with van der Waals surface area (Å²) in [6, 6.07) is 5.64. The normalized spacial score (nSPS) is 28.5. The summed E-state index contributed by atoms with van der Waals surface area (Å²) in [5, 5.41) is 0. The van der Waals surface area contributed by atoms with E-state index in [9.17, 15) is 0 Å². The molecule has 0 radical (unpaired) electrons. The van der Waals surface area contributed by atoms with Gasteiger partial charge >= 0.3 is 0 Å². The van der Waals surface area contributed by atoms with Crippen molar-refractivity contribution in [2.45, 2.75) is 45.2 Å². The summed E-state index contributed by atoms with van der Waals surface area (Å²) in [7, 11) is 0. The summed E-state index contributed by atoms with van der Waals surface area (Å²) in [6.07, 6.45) is 8.03. The largest absolute Gasteiger partial charge is 0.364 e. The summed E-state index contributed by atoms with van der Waals surface area (Å²) < 4.78 is 0. The topological polar surface area (TPSA) is 19.4 Å². The van der Waals surface area contributed by atoms with Gasteiger partial charge in [0.1, 0.15) is 0 Å². The maximum atomic E-state index is 4.30. The smallest absolute Gasteiger partial charge is 0.0556 e. The Morgan fingerprint density at radius 1 is 1.26 bits per heavy atom. The number of piperazine rings is 1. The van der Waals surface area contributed by atoms with Gasteiger partial charge < -0.3 is 4.90 Å². The molecule has 3 nitrogen and oxygen atoms in total. The molecule has 2 aliphatic rings. The van der Waals surface area contributed by atoms with Gasteiger partial charge in [-0.1, -0.05) is 20.3 Å². The number of aromatic nitrogens is 1. The first-order valence-electron chi connectivity index (χ1n) is 7.66. The van der Waals surface area contributed by atoms with Crippen LogP contribution in [0.4, 0.5) is 5.69 Å². The molecule has 2 saturated heterocycles. The third kappa shape index (κ3) is 2.62. The predicted octanol–water partition coefficient (Wildman–Crippen LogP) is 2.78. The minimum Gasteiger partial charge on any atom is -0.364 e. The number of piperidine rings is 1. The molecule has 3 heterocycles. The lowest BCUT2D eigenvalue weighted by atomic mass is 9.92. The van der Waals surface area contributed by atoms with E-state index in [0.717, 1.165) is 6.04 Å². The standard InChI is InChI=1S/C16H25N3/c1-13(2)16-12-18-9-4-3-6-15(18)11-19(16)14-7-5-8-17-10-14/h5,7-8,10,13,15-16H,3-4,6,9,11-12H2,1-2H3. The molecule has 0 N–H and O–H groups in total. The highest BCUT2D eigenvalue weighted by molar-refractivity contribution is 5.46. The maximum absolute atomic E-state index is 4.30. The van der Waals surface area contributed by atoms with Crippen molar-refractivity contribution >= 4 is 5.69 Å². The van der Waals surface area contributed by atoms with Crippen molar-refractivity contribution in [2.75, 3.05) is 24.5 Å². The van der Waals surface area contributed by atoms with Gasteiger partial charge in [-0.15, -0.1) is 0 Å². The SMILES string of the molecule is CC(C)C1CN2CCCCC2CN1c1cccnc1. The summed E-state index contributed by atoms with van der Waals surface area (Å²) in [5.41, 5.74) is 1.30. The van der Waals surface area contributed by atoms with Crippen LogP contribution >= 0.6 is 0 Å². The van der Waals surface area contributed by atoms with Crippen molar-refractivity contribution in [3.05, 3.63) is 24.5 Å². The molecule has 0 aliphatic carbocycles. The van der Waals surface area contributed by atoms with Crippen LogP contribution in [-0.4, -0.2) is 41.6 Å². The average Bonchev–Trinajstić information content (AvgIpc) is 2.46. The van der Waals surface area contributed by atoms with E-state index in [1.165, 1.54) is 44.6 Å². The van der Waals surface area contributed by atoms with E-state index >= 15 is 0 Å². The van der Waals surface area contributed by atoms with Gasteiger partial charge in [0.25, 0.3) is 0 Å². The van der Waals surface area contributed by atoms with Gasteiger partial charge in [-0.3, -0.25) is 9.88 Å². The summed E-state index contributed by atoms with van der Waals surface area (Å²) in [5.74, 6) is 0.683. The highest BCUT2D eigenvalue weighted by Gasteiger charge is 2.36. The molecule has 0 amide bonds. The third-order valence-electron chi connectivity index (χ3n) is 4.73. The number of anilines is 1. The molecule has 1 aromatic heterocycles. The molecule has 0 bridgehead atoms. The first kappa shape index (κ1) is 12.9. The van der Waals surface area contributed by atoms with Gasteiger partial charge in [-0.2, -0.15) is 0 Å². The van der Waals surface area contributed by atoms with E-state index in [-0.39, 0.29) is 0 Å². The van der Waals surface area contributed by atoms with Gasteiger partial charge in [-0.25, -0.2) is 0 Å². The fourth-order valence-corrected chi connectivity index (χ4v) is 3.60. The Morgan fingerprint density at radius 2 is 2.16 bits per heavy atom. The summed E-state index contributed by atoms with van der Waals surface area (Å²) in [4.78, 5) is 9.63. The summed E-state index contributed by atoms with van der Waals surface area (Å²) >= 11 is 0. The molecular weight excluding hydrogens is 234 g/mol. The lowest BCUT2D eigenvalue weighted by Gasteiger charge is -2.50. The van der Waals surface area contributed by atoms with Gasteiger partial charge in [-0.05, 0) is 37.4 Å². The first-order valence-corrected chi connectivity index (χ1v) is 7.66. The molecule has 3 heteroatoms. The molecule has 1 aromatic rings. The van der Waals surface area contributed by atoms with E-state index < -0.39 is 0 Å². The summed E-state index contributed by atoms with van der Waals surface area (Å²) in [6.45, 7) is 8.39. The lowest BCUT2D eigenvalue weighted by molar-refractivity contribution is 0.100. The quantitative estimate of drug-likeness (QED) is 0.814. The highest BCUT2D eigenvalue weighted by atomic mass is 15.3. The Bertz CT molecular complexity index is 404. The third-order valence-corrected chi connectivity index (χ3v) is 4.73. The molecule has 2 fully saturated rings. The van der Waals surface area contributed by atoms with Crippen molar-refractivity contribution < 1.29 is 0 Å². The zero-order valence-corrected chi connectivity index (χ0v) is 12.1. The second kappa shape index (κ2) is 5.49. The lowest BCUT2D eigenvalue weighted by Crippen LogP contribution is -2.61. The molecule has 2 aliphatic heterocycles. The number of nitrogens with zero attached hydrogens (tertiary/aromatic N) is 3. The number of hydrogen-bond donors (Lipinski definition) is 0. The predicted molar refractivity (Wildman–Crippen MR) is 79.4 cm³/mol. The first-order chi connectivity index (χ1) is 9.25. The van der Waals surface area contributed by atoms with Crippen LogP contribution in [0.3, 0.4) is 0 Å². The van der Waals surface area contributed by atoms with E-state index in [1.54, 1.807) is 0 Å². The minimum atomic E-state index is 0.624. The molecule has 3 rings (SSSR count). The van der Waals surface area contributed by atoms with Crippen molar-refractivity contribution in [3.63, 3.8) is 0 Å². The van der Waals surface area contributed by atoms with Gasteiger partial charge in [0.2, 0.25) is 0 Å². The zero-order chi connectivity index (χ0) is 13.2. The number of hydrogen-bond acceptors (Lipinski definition) is 3. The number of pyridine rings is 1. The van der Waals surface area contributed by atoms with E-state index in [2.05, 4.69) is 40.8 Å². The van der Waals surface area contributed by atoms with Gasteiger partial charge in [0, 0.05) is 31.4 Å². The average molecular weight is 259 g/mol. The van der Waals surface area contributed by atoms with E-state index in [1.807, 2.05) is 12.4 Å². The minimum absolute atomic E-state index is 0.624. The molecule has 19 heavy (non-hydrogen) atoms. The van der Waals surface area contributed by atoms with Crippen LogP contribution in [0.2, 0.25) is 0 Å². The Kier molecular flexibility index (Phi) is 3.74. The van der Waals surface area contributed by atoms with E-state index in [0.29, 0.717) is 12.0 Å². The Labute approximate surface area is 116 Å². The van der Waals surface area contributed by atoms with E-state index in [4.69, 9.17) is 0 Å². The zero-order valence-electron chi connectivity index (χ0n) is 12.1. The van der Waals surface area contributed by atoms with Crippen molar-refractivity contribution in [2.24, 2.45) is 5.92 Å².